The van der Waals surface area contributed by atoms with Crippen molar-refractivity contribution in [3.05, 3.63) is 72.4 Å². The van der Waals surface area contributed by atoms with Crippen molar-refractivity contribution in [2.75, 3.05) is 18.5 Å². The number of imidazole rings is 1. The van der Waals surface area contributed by atoms with E-state index < -0.39 is 0 Å². The Bertz CT molecular complexity index is 1030. The molecule has 0 radical (unpaired) electrons. The van der Waals surface area contributed by atoms with Gasteiger partial charge in [0.2, 0.25) is 5.91 Å². The smallest absolute Gasteiger partial charge is 0.229 e. The summed E-state index contributed by atoms with van der Waals surface area (Å²) in [5, 5.41) is 6.65. The van der Waals surface area contributed by atoms with E-state index in [1.807, 2.05) is 71.2 Å². The number of carbonyl (C=O) groups excluding carboxylic acids is 1. The van der Waals surface area contributed by atoms with Gasteiger partial charge in [0.05, 0.1) is 6.04 Å². The molecule has 1 amide bonds. The molecule has 0 aliphatic carbocycles. The van der Waals surface area contributed by atoms with Crippen LogP contribution in [0.15, 0.2) is 66.0 Å². The zero-order valence-electron chi connectivity index (χ0n) is 17.1. The lowest BCUT2D eigenvalue weighted by atomic mass is 10.2. The number of carbonyl (C=O) groups is 1. The van der Waals surface area contributed by atoms with Crippen LogP contribution in [-0.4, -0.2) is 46.0 Å². The van der Waals surface area contributed by atoms with Crippen molar-refractivity contribution >= 4 is 17.6 Å². The van der Waals surface area contributed by atoms with Crippen LogP contribution in [0.2, 0.25) is 0 Å². The van der Waals surface area contributed by atoms with Crippen LogP contribution < -0.4 is 15.5 Å². The largest absolute Gasteiger partial charge is 0.352 e. The highest BCUT2D eigenvalue weighted by atomic mass is 16.2. The molecule has 1 aliphatic rings. The van der Waals surface area contributed by atoms with Crippen LogP contribution in [0.3, 0.4) is 0 Å². The number of hydrogen-bond acceptors (Lipinski definition) is 4. The highest BCUT2D eigenvalue weighted by Crippen LogP contribution is 2.21. The van der Waals surface area contributed by atoms with Crippen molar-refractivity contribution in [2.24, 2.45) is 4.99 Å². The molecule has 2 N–H and O–H groups in total. The summed E-state index contributed by atoms with van der Waals surface area (Å²) in [5.41, 5.74) is 1.96. The lowest BCUT2D eigenvalue weighted by molar-refractivity contribution is -0.117. The van der Waals surface area contributed by atoms with Crippen LogP contribution >= 0.6 is 0 Å². The van der Waals surface area contributed by atoms with E-state index in [0.29, 0.717) is 25.5 Å². The molecule has 3 heterocycles. The van der Waals surface area contributed by atoms with Crippen LogP contribution in [-0.2, 0) is 11.3 Å². The molecule has 4 rings (SSSR count). The molecule has 1 atom stereocenters. The summed E-state index contributed by atoms with van der Waals surface area (Å²) in [6, 6.07) is 13.7. The standard InChI is InChI=1S/C22H25N7O/c1-16-24-10-11-28(16)20-9-8-17(13-25-20)14-26-22(23-2)27-18-12-21(30)29(15-18)19-6-4-3-5-7-19/h3-11,13,18H,12,14-15H2,1-2H3,(H2,23,26,27). The molecule has 8 nitrogen and oxygen atoms in total. The molecule has 154 valence electrons. The van der Waals surface area contributed by atoms with Gasteiger partial charge < -0.3 is 15.5 Å². The maximum Gasteiger partial charge on any atom is 0.229 e. The zero-order chi connectivity index (χ0) is 20.9. The second-order valence-corrected chi connectivity index (χ2v) is 7.18. The molecule has 1 aromatic carbocycles. The second kappa shape index (κ2) is 8.77. The average Bonchev–Trinajstić information content (AvgIpc) is 3.37. The molecule has 3 aromatic rings. The van der Waals surface area contributed by atoms with Crippen LogP contribution in [0.1, 0.15) is 17.8 Å². The highest BCUT2D eigenvalue weighted by Gasteiger charge is 2.31. The quantitative estimate of drug-likeness (QED) is 0.503. The Balaban J connectivity index is 1.32. The van der Waals surface area contributed by atoms with Gasteiger partial charge in [-0.05, 0) is 30.7 Å². The third kappa shape index (κ3) is 4.32. The number of hydrogen-bond donors (Lipinski definition) is 2. The topological polar surface area (TPSA) is 87.4 Å². The van der Waals surface area contributed by atoms with E-state index in [9.17, 15) is 4.79 Å². The summed E-state index contributed by atoms with van der Waals surface area (Å²) in [5.74, 6) is 2.51. The number of aliphatic imine (C=N–C) groups is 1. The maximum absolute atomic E-state index is 12.4. The summed E-state index contributed by atoms with van der Waals surface area (Å²) >= 11 is 0. The number of aromatic nitrogens is 3. The predicted octanol–water partition coefficient (Wildman–Crippen LogP) is 2.05. The average molecular weight is 403 g/mol. The minimum absolute atomic E-state index is 0.00798. The Morgan fingerprint density at radius 1 is 1.20 bits per heavy atom. The van der Waals surface area contributed by atoms with Gasteiger partial charge in [-0.2, -0.15) is 0 Å². The Morgan fingerprint density at radius 2 is 2.03 bits per heavy atom. The van der Waals surface area contributed by atoms with Gasteiger partial charge in [0, 0.05) is 50.8 Å². The number of benzene rings is 1. The zero-order valence-corrected chi connectivity index (χ0v) is 17.1. The Morgan fingerprint density at radius 3 is 2.70 bits per heavy atom. The van der Waals surface area contributed by atoms with Gasteiger partial charge >= 0.3 is 0 Å². The molecular formula is C22H25N7O. The van der Waals surface area contributed by atoms with Crippen molar-refractivity contribution < 1.29 is 4.79 Å². The van der Waals surface area contributed by atoms with Crippen LogP contribution in [0, 0.1) is 6.92 Å². The van der Waals surface area contributed by atoms with Crippen molar-refractivity contribution in [2.45, 2.75) is 25.9 Å². The van der Waals surface area contributed by atoms with Gasteiger partial charge in [0.15, 0.2) is 5.96 Å². The first-order valence-corrected chi connectivity index (χ1v) is 9.92. The van der Waals surface area contributed by atoms with E-state index in [1.54, 1.807) is 13.2 Å². The first-order chi connectivity index (χ1) is 14.6. The Labute approximate surface area is 175 Å². The summed E-state index contributed by atoms with van der Waals surface area (Å²) in [4.78, 5) is 27.2. The summed E-state index contributed by atoms with van der Waals surface area (Å²) in [7, 11) is 1.73. The van der Waals surface area contributed by atoms with Gasteiger partial charge in [0.1, 0.15) is 11.6 Å². The van der Waals surface area contributed by atoms with Crippen molar-refractivity contribution in [1.29, 1.82) is 0 Å². The third-order valence-corrected chi connectivity index (χ3v) is 5.10. The molecule has 2 aromatic heterocycles. The van der Waals surface area contributed by atoms with Crippen LogP contribution in [0.25, 0.3) is 5.82 Å². The van der Waals surface area contributed by atoms with Crippen molar-refractivity contribution in [1.82, 2.24) is 25.2 Å². The number of nitrogens with zero attached hydrogens (tertiary/aromatic N) is 5. The lowest BCUT2D eigenvalue weighted by Crippen LogP contribution is -2.44. The molecule has 1 fully saturated rings. The number of nitrogens with one attached hydrogen (secondary N) is 2. The molecule has 1 saturated heterocycles. The highest BCUT2D eigenvalue weighted by molar-refractivity contribution is 5.97. The minimum Gasteiger partial charge on any atom is -0.352 e. The monoisotopic (exact) mass is 403 g/mol. The van der Waals surface area contributed by atoms with Gasteiger partial charge in [-0.25, -0.2) is 9.97 Å². The SMILES string of the molecule is CN=C(NCc1ccc(-n2ccnc2C)nc1)NC1CC(=O)N(c2ccccc2)C1. The molecule has 1 aliphatic heterocycles. The number of rotatable bonds is 5. The first kappa shape index (κ1) is 19.6. The minimum atomic E-state index is 0.00798. The van der Waals surface area contributed by atoms with Gasteiger partial charge in [-0.3, -0.25) is 14.4 Å². The lowest BCUT2D eigenvalue weighted by Gasteiger charge is -2.19. The van der Waals surface area contributed by atoms with E-state index >= 15 is 0 Å². The Kier molecular flexibility index (Phi) is 5.74. The predicted molar refractivity (Wildman–Crippen MR) is 117 cm³/mol. The molecule has 30 heavy (non-hydrogen) atoms. The number of aryl methyl sites for hydroxylation is 1. The van der Waals surface area contributed by atoms with Gasteiger partial charge in [-0.15, -0.1) is 0 Å². The summed E-state index contributed by atoms with van der Waals surface area (Å²) < 4.78 is 1.94. The second-order valence-electron chi connectivity index (χ2n) is 7.18. The van der Waals surface area contributed by atoms with Gasteiger partial charge in [-0.1, -0.05) is 24.3 Å². The van der Waals surface area contributed by atoms with Crippen LogP contribution in [0.5, 0.6) is 0 Å². The Hall–Kier alpha value is -3.68. The van der Waals surface area contributed by atoms with E-state index in [1.165, 1.54) is 0 Å². The fourth-order valence-electron chi connectivity index (χ4n) is 3.52. The molecule has 8 heteroatoms. The third-order valence-electron chi connectivity index (χ3n) is 5.10. The van der Waals surface area contributed by atoms with E-state index in [-0.39, 0.29) is 11.9 Å². The molecular weight excluding hydrogens is 378 g/mol. The molecule has 0 bridgehead atoms. The molecule has 1 unspecified atom stereocenters. The normalized spacial score (nSPS) is 16.7. The van der Waals surface area contributed by atoms with Gasteiger partial charge in [0.25, 0.3) is 0 Å². The molecule has 0 spiro atoms. The van der Waals surface area contributed by atoms with Crippen molar-refractivity contribution in [3.63, 3.8) is 0 Å². The molecule has 0 saturated carbocycles. The van der Waals surface area contributed by atoms with E-state index in [4.69, 9.17) is 0 Å². The number of guanidine groups is 1. The van der Waals surface area contributed by atoms with Crippen molar-refractivity contribution in [3.8, 4) is 5.82 Å². The summed E-state index contributed by atoms with van der Waals surface area (Å²) in [6.45, 7) is 3.14. The fraction of sp³-hybridized carbons (Fsp3) is 0.273. The maximum atomic E-state index is 12.4. The number of para-hydroxylation sites is 1. The number of amides is 1. The van der Waals surface area contributed by atoms with E-state index in [0.717, 1.165) is 22.9 Å². The first-order valence-electron chi connectivity index (χ1n) is 9.92. The fourth-order valence-corrected chi connectivity index (χ4v) is 3.52. The summed E-state index contributed by atoms with van der Waals surface area (Å²) in [6.07, 6.45) is 5.93. The van der Waals surface area contributed by atoms with E-state index in [2.05, 4.69) is 25.6 Å². The van der Waals surface area contributed by atoms with Crippen LogP contribution in [0.4, 0.5) is 5.69 Å². The number of pyridine rings is 1. The number of anilines is 1.